The lowest BCUT2D eigenvalue weighted by atomic mass is 9.82. The van der Waals surface area contributed by atoms with Crippen molar-refractivity contribution < 1.29 is 9.90 Å². The number of nitrogens with zero attached hydrogens (tertiary/aromatic N) is 1. The third kappa shape index (κ3) is 3.70. The Morgan fingerprint density at radius 3 is 2.80 bits per heavy atom. The lowest BCUT2D eigenvalue weighted by Crippen LogP contribution is -2.25. The third-order valence-corrected chi connectivity index (χ3v) is 5.50. The molecule has 1 aromatic rings. The van der Waals surface area contributed by atoms with Crippen molar-refractivity contribution >= 4 is 23.4 Å². The normalized spacial score (nSPS) is 18.9. The summed E-state index contributed by atoms with van der Waals surface area (Å²) in [5.41, 5.74) is 0.517. The molecule has 1 aliphatic rings. The first kappa shape index (κ1) is 15.3. The number of carbonyl (C=O) groups is 1. The lowest BCUT2D eigenvalue weighted by molar-refractivity contribution is -0.131. The molecular weight excluding hydrogens is 270 g/mol. The van der Waals surface area contributed by atoms with Crippen molar-refractivity contribution in [2.24, 2.45) is 5.41 Å². The maximum atomic E-state index is 10.5. The van der Waals surface area contributed by atoms with E-state index in [0.717, 1.165) is 11.4 Å². The van der Waals surface area contributed by atoms with Gasteiger partial charge in [0.2, 0.25) is 0 Å². The largest absolute Gasteiger partial charge is 0.478 e. The van der Waals surface area contributed by atoms with Crippen LogP contribution in [0.5, 0.6) is 0 Å². The van der Waals surface area contributed by atoms with Crippen molar-refractivity contribution in [1.29, 1.82) is 0 Å². The highest BCUT2D eigenvalue weighted by molar-refractivity contribution is 7.12. The summed E-state index contributed by atoms with van der Waals surface area (Å²) in [4.78, 5) is 15.4. The topological polar surface area (TPSA) is 40.5 Å². The zero-order valence-electron chi connectivity index (χ0n) is 12.3. The molecule has 1 saturated heterocycles. The molecule has 0 amide bonds. The minimum absolute atomic E-state index is 0.517. The first-order valence-electron chi connectivity index (χ1n) is 7.29. The molecule has 0 unspecified atom stereocenters. The van der Waals surface area contributed by atoms with Gasteiger partial charge < -0.3 is 5.11 Å². The predicted molar refractivity (Wildman–Crippen MR) is 83.9 cm³/mol. The van der Waals surface area contributed by atoms with E-state index in [-0.39, 0.29) is 0 Å². The van der Waals surface area contributed by atoms with E-state index in [1.807, 2.05) is 6.07 Å². The van der Waals surface area contributed by atoms with Crippen LogP contribution in [-0.2, 0) is 11.3 Å². The molecule has 110 valence electrons. The maximum Gasteiger partial charge on any atom is 0.328 e. The van der Waals surface area contributed by atoms with Crippen LogP contribution in [0, 0.1) is 5.41 Å². The van der Waals surface area contributed by atoms with Gasteiger partial charge >= 0.3 is 5.97 Å². The van der Waals surface area contributed by atoms with E-state index in [1.54, 1.807) is 17.4 Å². The number of hydrogen-bond donors (Lipinski definition) is 1. The van der Waals surface area contributed by atoms with Gasteiger partial charge in [0, 0.05) is 28.9 Å². The summed E-state index contributed by atoms with van der Waals surface area (Å²) in [7, 11) is 0. The Hall–Kier alpha value is -1.13. The van der Waals surface area contributed by atoms with E-state index in [0.29, 0.717) is 5.41 Å². The Bertz CT molecular complexity index is 488. The zero-order valence-corrected chi connectivity index (χ0v) is 13.1. The van der Waals surface area contributed by atoms with Crippen LogP contribution < -0.4 is 0 Å². The van der Waals surface area contributed by atoms with E-state index in [4.69, 9.17) is 5.11 Å². The number of rotatable bonds is 6. The van der Waals surface area contributed by atoms with Gasteiger partial charge in [0.25, 0.3) is 0 Å². The molecule has 4 heteroatoms. The van der Waals surface area contributed by atoms with Gasteiger partial charge in [-0.3, -0.25) is 4.90 Å². The van der Waals surface area contributed by atoms with Crippen LogP contribution >= 0.6 is 11.3 Å². The molecule has 2 heterocycles. The molecule has 0 saturated carbocycles. The summed E-state index contributed by atoms with van der Waals surface area (Å²) < 4.78 is 0. The summed E-state index contributed by atoms with van der Waals surface area (Å²) >= 11 is 1.69. The quantitative estimate of drug-likeness (QED) is 0.810. The Morgan fingerprint density at radius 1 is 1.45 bits per heavy atom. The van der Waals surface area contributed by atoms with Gasteiger partial charge in [-0.25, -0.2) is 4.79 Å². The van der Waals surface area contributed by atoms with E-state index in [9.17, 15) is 4.79 Å². The highest BCUT2D eigenvalue weighted by atomic mass is 32.1. The number of thiophene rings is 1. The number of carboxylic acids is 1. The smallest absolute Gasteiger partial charge is 0.328 e. The number of aliphatic carboxylic acids is 1. The Morgan fingerprint density at radius 2 is 2.20 bits per heavy atom. The van der Waals surface area contributed by atoms with Crippen LogP contribution in [0.3, 0.4) is 0 Å². The van der Waals surface area contributed by atoms with Crippen molar-refractivity contribution in [2.75, 3.05) is 13.1 Å². The molecule has 2 rings (SSSR count). The van der Waals surface area contributed by atoms with Crippen molar-refractivity contribution in [2.45, 2.75) is 39.7 Å². The lowest BCUT2D eigenvalue weighted by Gasteiger charge is -2.26. The number of hydrogen-bond acceptors (Lipinski definition) is 3. The third-order valence-electron chi connectivity index (χ3n) is 4.47. The van der Waals surface area contributed by atoms with E-state index in [2.05, 4.69) is 24.8 Å². The van der Waals surface area contributed by atoms with E-state index >= 15 is 0 Å². The summed E-state index contributed by atoms with van der Waals surface area (Å²) in [5.74, 6) is -0.893. The molecule has 20 heavy (non-hydrogen) atoms. The molecule has 1 fully saturated rings. The molecule has 1 aromatic heterocycles. The molecule has 1 N–H and O–H groups in total. The van der Waals surface area contributed by atoms with Crippen molar-refractivity contribution in [3.05, 3.63) is 28.0 Å². The van der Waals surface area contributed by atoms with Crippen LogP contribution in [0.25, 0.3) is 6.08 Å². The van der Waals surface area contributed by atoms with Gasteiger partial charge in [0.05, 0.1) is 0 Å². The monoisotopic (exact) mass is 293 g/mol. The van der Waals surface area contributed by atoms with Gasteiger partial charge in [-0.15, -0.1) is 11.3 Å². The second-order valence-electron chi connectivity index (χ2n) is 5.64. The fourth-order valence-corrected chi connectivity index (χ4v) is 3.89. The Labute approximate surface area is 124 Å². The molecule has 0 aromatic carbocycles. The second-order valence-corrected chi connectivity index (χ2v) is 6.84. The molecular formula is C16H23NO2S. The highest BCUT2D eigenvalue weighted by Gasteiger charge is 2.34. The summed E-state index contributed by atoms with van der Waals surface area (Å²) in [5, 5.41) is 8.63. The molecule has 0 bridgehead atoms. The van der Waals surface area contributed by atoms with Gasteiger partial charge in [0.1, 0.15) is 0 Å². The van der Waals surface area contributed by atoms with Gasteiger partial charge in [-0.2, -0.15) is 0 Å². The van der Waals surface area contributed by atoms with Gasteiger partial charge in [-0.1, -0.05) is 13.8 Å². The van der Waals surface area contributed by atoms with E-state index in [1.165, 1.54) is 43.3 Å². The maximum absolute atomic E-state index is 10.5. The van der Waals surface area contributed by atoms with E-state index < -0.39 is 5.97 Å². The predicted octanol–water partition coefficient (Wildman–Crippen LogP) is 3.86. The molecule has 0 spiro atoms. The van der Waals surface area contributed by atoms with Crippen LogP contribution in [0.1, 0.15) is 42.9 Å². The number of carboxylic acid groups (broad SMARTS) is 1. The standard InChI is InChI=1S/C16H23NO2S/c1-3-16(4-2)9-10-17(12-16)11-14-6-5-13(20-14)7-8-15(18)19/h5-8H,3-4,9-12H2,1-2H3,(H,18,19)/b8-7+. The average Bonchev–Trinajstić information content (AvgIpc) is 3.04. The SMILES string of the molecule is CCC1(CC)CCN(Cc2ccc(/C=C/C(=O)O)s2)C1. The molecule has 0 radical (unpaired) electrons. The fraction of sp³-hybridized carbons (Fsp3) is 0.562. The fourth-order valence-electron chi connectivity index (χ4n) is 2.93. The Kier molecular flexibility index (Phi) is 5.00. The van der Waals surface area contributed by atoms with Crippen molar-refractivity contribution in [1.82, 2.24) is 4.90 Å². The number of likely N-dealkylation sites (tertiary alicyclic amines) is 1. The molecule has 1 aliphatic heterocycles. The Balaban J connectivity index is 1.93. The van der Waals surface area contributed by atoms with Crippen LogP contribution in [0.2, 0.25) is 0 Å². The van der Waals surface area contributed by atoms with Crippen LogP contribution in [0.15, 0.2) is 18.2 Å². The average molecular weight is 293 g/mol. The molecule has 3 nitrogen and oxygen atoms in total. The molecule has 0 atom stereocenters. The summed E-state index contributed by atoms with van der Waals surface area (Å²) in [6.07, 6.45) is 6.69. The first-order chi connectivity index (χ1) is 9.57. The zero-order chi connectivity index (χ0) is 14.6. The first-order valence-corrected chi connectivity index (χ1v) is 8.10. The summed E-state index contributed by atoms with van der Waals surface area (Å²) in [6, 6.07) is 4.12. The summed E-state index contributed by atoms with van der Waals surface area (Å²) in [6.45, 7) is 7.96. The van der Waals surface area contributed by atoms with Crippen molar-refractivity contribution in [3.8, 4) is 0 Å². The second kappa shape index (κ2) is 6.55. The van der Waals surface area contributed by atoms with Crippen LogP contribution in [0.4, 0.5) is 0 Å². The van der Waals surface area contributed by atoms with Gasteiger partial charge in [0.15, 0.2) is 0 Å². The molecule has 0 aliphatic carbocycles. The van der Waals surface area contributed by atoms with Crippen molar-refractivity contribution in [3.63, 3.8) is 0 Å². The van der Waals surface area contributed by atoms with Crippen LogP contribution in [-0.4, -0.2) is 29.1 Å². The minimum atomic E-state index is -0.893. The minimum Gasteiger partial charge on any atom is -0.478 e. The van der Waals surface area contributed by atoms with Gasteiger partial charge in [-0.05, 0) is 49.4 Å². The highest BCUT2D eigenvalue weighted by Crippen LogP contribution is 2.37.